The number of rotatable bonds is 3. The third-order valence-electron chi connectivity index (χ3n) is 5.05. The first-order chi connectivity index (χ1) is 11.0. The van der Waals surface area contributed by atoms with Crippen LogP contribution in [-0.4, -0.2) is 25.0 Å². The number of amides is 1. The van der Waals surface area contributed by atoms with Gasteiger partial charge >= 0.3 is 0 Å². The van der Waals surface area contributed by atoms with E-state index in [0.717, 1.165) is 24.2 Å². The van der Waals surface area contributed by atoms with Gasteiger partial charge in [0.1, 0.15) is 0 Å². The molecule has 3 atom stereocenters. The number of benzene rings is 2. The third-order valence-corrected chi connectivity index (χ3v) is 5.05. The molecule has 2 aromatic rings. The number of hydrogen-bond acceptors (Lipinski definition) is 1. The lowest BCUT2D eigenvalue weighted by molar-refractivity contribution is -0.925. The molecule has 0 saturated carbocycles. The Bertz CT molecular complexity index is 687. The molecule has 2 aromatic carbocycles. The summed E-state index contributed by atoms with van der Waals surface area (Å²) in [5.74, 6) is 1.52. The lowest BCUT2D eigenvalue weighted by Gasteiger charge is -2.35. The van der Waals surface area contributed by atoms with Crippen LogP contribution in [-0.2, 0) is 4.79 Å². The Morgan fingerprint density at radius 1 is 1.09 bits per heavy atom. The first kappa shape index (κ1) is 16.0. The minimum absolute atomic E-state index is 0.00771. The lowest BCUT2D eigenvalue weighted by Crippen LogP contribution is -3.18. The molecule has 0 radical (unpaired) electrons. The van der Waals surface area contributed by atoms with Gasteiger partial charge in [-0.2, -0.15) is 0 Å². The van der Waals surface area contributed by atoms with Gasteiger partial charge in [-0.25, -0.2) is 0 Å². The zero-order valence-corrected chi connectivity index (χ0v) is 14.3. The van der Waals surface area contributed by atoms with Crippen LogP contribution < -0.4 is 10.2 Å². The Labute approximate surface area is 138 Å². The number of fused-ring (bicyclic) bond motifs is 1. The fourth-order valence-corrected chi connectivity index (χ4v) is 3.89. The summed E-state index contributed by atoms with van der Waals surface area (Å²) in [6.45, 7) is 8.83. The maximum atomic E-state index is 12.6. The van der Waals surface area contributed by atoms with E-state index >= 15 is 0 Å². The number of carbonyl (C=O) groups is 1. The highest BCUT2D eigenvalue weighted by Gasteiger charge is 2.32. The van der Waals surface area contributed by atoms with Crippen LogP contribution in [0.1, 0.15) is 27.2 Å². The van der Waals surface area contributed by atoms with E-state index in [-0.39, 0.29) is 11.9 Å². The highest BCUT2D eigenvalue weighted by Crippen LogP contribution is 2.19. The Balaban J connectivity index is 1.69. The fourth-order valence-electron chi connectivity index (χ4n) is 3.89. The van der Waals surface area contributed by atoms with Crippen LogP contribution in [0.5, 0.6) is 0 Å². The summed E-state index contributed by atoms with van der Waals surface area (Å²) in [7, 11) is 0. The Morgan fingerprint density at radius 3 is 2.43 bits per heavy atom. The van der Waals surface area contributed by atoms with Gasteiger partial charge < -0.3 is 10.2 Å². The van der Waals surface area contributed by atoms with Crippen LogP contribution in [0.4, 0.5) is 5.69 Å². The zero-order chi connectivity index (χ0) is 16.4. The zero-order valence-electron chi connectivity index (χ0n) is 14.3. The van der Waals surface area contributed by atoms with E-state index in [0.29, 0.717) is 11.8 Å². The molecule has 1 aliphatic rings. The molecule has 0 unspecified atom stereocenters. The second-order valence-electron chi connectivity index (χ2n) is 7.29. The molecule has 1 fully saturated rings. The average Bonchev–Trinajstić information content (AvgIpc) is 2.53. The average molecular weight is 311 g/mol. The molecule has 1 aliphatic heterocycles. The van der Waals surface area contributed by atoms with Gasteiger partial charge in [-0.3, -0.25) is 4.79 Å². The van der Waals surface area contributed by atoms with E-state index in [1.165, 1.54) is 16.7 Å². The second-order valence-corrected chi connectivity index (χ2v) is 7.29. The molecule has 1 amide bonds. The van der Waals surface area contributed by atoms with Crippen molar-refractivity contribution >= 4 is 22.4 Å². The number of hydrogen-bond donors (Lipinski definition) is 2. The molecule has 1 heterocycles. The first-order valence-electron chi connectivity index (χ1n) is 8.67. The van der Waals surface area contributed by atoms with E-state index in [1.807, 2.05) is 18.2 Å². The fraction of sp³-hybridized carbons (Fsp3) is 0.450. The molecule has 2 N–H and O–H groups in total. The molecule has 3 rings (SSSR count). The Kier molecular flexibility index (Phi) is 4.67. The summed E-state index contributed by atoms with van der Waals surface area (Å²) < 4.78 is 0. The summed E-state index contributed by atoms with van der Waals surface area (Å²) >= 11 is 0. The van der Waals surface area contributed by atoms with Crippen LogP contribution in [0, 0.1) is 11.8 Å². The van der Waals surface area contributed by atoms with Gasteiger partial charge in [0, 0.05) is 17.5 Å². The number of carbonyl (C=O) groups excluding carboxylic acids is 1. The standard InChI is InChI=1S/C20H26N2O/c1-14-10-15(2)13-22(12-14)16(3)20(23)21-19-9-8-17-6-4-5-7-18(17)11-19/h4-9,11,14-16H,10,12-13H2,1-3H3,(H,21,23)/p+1/t14-,15-,16+/m1/s1. The molecule has 0 spiro atoms. The number of quaternary nitrogens is 1. The maximum absolute atomic E-state index is 12.6. The van der Waals surface area contributed by atoms with E-state index < -0.39 is 0 Å². The molecule has 0 aliphatic carbocycles. The summed E-state index contributed by atoms with van der Waals surface area (Å²) in [4.78, 5) is 14.0. The molecular formula is C20H27N2O+. The monoisotopic (exact) mass is 311 g/mol. The van der Waals surface area contributed by atoms with Crippen molar-refractivity contribution in [2.45, 2.75) is 33.2 Å². The van der Waals surface area contributed by atoms with Crippen molar-refractivity contribution in [3.05, 3.63) is 42.5 Å². The van der Waals surface area contributed by atoms with Crippen molar-refractivity contribution in [3.8, 4) is 0 Å². The van der Waals surface area contributed by atoms with Crippen molar-refractivity contribution in [2.75, 3.05) is 18.4 Å². The quantitative estimate of drug-likeness (QED) is 0.898. The van der Waals surface area contributed by atoms with E-state index in [4.69, 9.17) is 0 Å². The van der Waals surface area contributed by atoms with Gasteiger partial charge in [0.25, 0.3) is 5.91 Å². The SMILES string of the molecule is C[C@@H]1C[C@@H](C)C[NH+]([C@@H](C)C(=O)Nc2ccc3ccccc3c2)C1. The van der Waals surface area contributed by atoms with Crippen LogP contribution in [0.25, 0.3) is 10.8 Å². The van der Waals surface area contributed by atoms with Crippen LogP contribution in [0.15, 0.2) is 42.5 Å². The van der Waals surface area contributed by atoms with Crippen molar-refractivity contribution in [1.82, 2.24) is 0 Å². The summed E-state index contributed by atoms with van der Waals surface area (Å²) in [6, 6.07) is 14.3. The van der Waals surface area contributed by atoms with Gasteiger partial charge in [-0.1, -0.05) is 44.2 Å². The van der Waals surface area contributed by atoms with Crippen LogP contribution in [0.3, 0.4) is 0 Å². The molecule has 122 valence electrons. The van der Waals surface area contributed by atoms with E-state index in [1.54, 1.807) is 0 Å². The normalized spacial score (nSPS) is 26.0. The minimum atomic E-state index is -0.00771. The van der Waals surface area contributed by atoms with Crippen LogP contribution in [0.2, 0.25) is 0 Å². The van der Waals surface area contributed by atoms with E-state index in [9.17, 15) is 4.79 Å². The van der Waals surface area contributed by atoms with Gasteiger partial charge in [0.15, 0.2) is 6.04 Å². The summed E-state index contributed by atoms with van der Waals surface area (Å²) in [6.07, 6.45) is 1.28. The second kappa shape index (κ2) is 6.71. The Hall–Kier alpha value is -1.87. The third kappa shape index (κ3) is 3.73. The van der Waals surface area contributed by atoms with Crippen molar-refractivity contribution in [2.24, 2.45) is 11.8 Å². The maximum Gasteiger partial charge on any atom is 0.282 e. The molecule has 0 bridgehead atoms. The number of piperidine rings is 1. The van der Waals surface area contributed by atoms with Gasteiger partial charge in [0.2, 0.25) is 0 Å². The number of nitrogens with one attached hydrogen (secondary N) is 2. The predicted octanol–water partition coefficient (Wildman–Crippen LogP) is 2.73. The van der Waals surface area contributed by atoms with Gasteiger partial charge in [0.05, 0.1) is 13.1 Å². The molecule has 3 nitrogen and oxygen atoms in total. The number of likely N-dealkylation sites (tertiary alicyclic amines) is 1. The highest BCUT2D eigenvalue weighted by molar-refractivity contribution is 5.96. The minimum Gasteiger partial charge on any atom is -0.324 e. The largest absolute Gasteiger partial charge is 0.324 e. The van der Waals surface area contributed by atoms with Crippen molar-refractivity contribution in [3.63, 3.8) is 0 Å². The lowest BCUT2D eigenvalue weighted by atomic mass is 9.91. The van der Waals surface area contributed by atoms with Crippen LogP contribution >= 0.6 is 0 Å². The smallest absolute Gasteiger partial charge is 0.282 e. The summed E-state index contributed by atoms with van der Waals surface area (Å²) in [5.41, 5.74) is 0.887. The molecule has 3 heteroatoms. The summed E-state index contributed by atoms with van der Waals surface area (Å²) in [5, 5.41) is 5.46. The molecule has 23 heavy (non-hydrogen) atoms. The molecule has 0 aromatic heterocycles. The topological polar surface area (TPSA) is 33.5 Å². The first-order valence-corrected chi connectivity index (χ1v) is 8.67. The Morgan fingerprint density at radius 2 is 1.74 bits per heavy atom. The number of anilines is 1. The van der Waals surface area contributed by atoms with Gasteiger partial charge in [-0.05, 0) is 36.2 Å². The van der Waals surface area contributed by atoms with Crippen molar-refractivity contribution < 1.29 is 9.69 Å². The molecular weight excluding hydrogens is 284 g/mol. The highest BCUT2D eigenvalue weighted by atomic mass is 16.2. The predicted molar refractivity (Wildman–Crippen MR) is 95.7 cm³/mol. The van der Waals surface area contributed by atoms with E-state index in [2.05, 4.69) is 50.4 Å². The van der Waals surface area contributed by atoms with Crippen molar-refractivity contribution in [1.29, 1.82) is 0 Å². The van der Waals surface area contributed by atoms with Gasteiger partial charge in [-0.15, -0.1) is 0 Å². The molecule has 1 saturated heterocycles.